The molecule has 0 amide bonds. The van der Waals surface area contributed by atoms with Crippen molar-refractivity contribution < 1.29 is 10.0 Å². The van der Waals surface area contributed by atoms with Crippen LogP contribution in [0.5, 0.6) is 5.75 Å². The number of nitro benzene ring substituents is 1. The van der Waals surface area contributed by atoms with Gasteiger partial charge in [0.2, 0.25) is 0 Å². The molecule has 33 heavy (non-hydrogen) atoms. The summed E-state index contributed by atoms with van der Waals surface area (Å²) in [7, 11) is 0. The van der Waals surface area contributed by atoms with Crippen molar-refractivity contribution >= 4 is 28.5 Å². The summed E-state index contributed by atoms with van der Waals surface area (Å²) in [6, 6.07) is 18.1. The minimum Gasteiger partial charge on any atom is -0.507 e. The summed E-state index contributed by atoms with van der Waals surface area (Å²) in [6.07, 6.45) is 1.89. The number of nitro groups is 1. The summed E-state index contributed by atoms with van der Waals surface area (Å²) >= 11 is 0. The van der Waals surface area contributed by atoms with Crippen LogP contribution >= 0.6 is 0 Å². The number of para-hydroxylation sites is 2. The number of phenolic OH excluding ortho intramolecular Hbond substituents is 1. The minimum absolute atomic E-state index is 0.0274. The highest BCUT2D eigenvalue weighted by Crippen LogP contribution is 2.39. The van der Waals surface area contributed by atoms with Gasteiger partial charge in [0, 0.05) is 23.3 Å². The first-order chi connectivity index (χ1) is 15.7. The average molecular weight is 442 g/mol. The molecule has 0 atom stereocenters. The fraction of sp³-hybridized carbons (Fsp3) is 0.222. The number of phenols is 1. The topological polar surface area (TPSA) is 87.8 Å². The number of non-ortho nitro benzene ring substituents is 1. The van der Waals surface area contributed by atoms with Crippen LogP contribution in [0.4, 0.5) is 17.1 Å². The van der Waals surface area contributed by atoms with Gasteiger partial charge >= 0.3 is 0 Å². The van der Waals surface area contributed by atoms with Gasteiger partial charge in [-0.05, 0) is 59.4 Å². The molecular weight excluding hydrogens is 414 g/mol. The van der Waals surface area contributed by atoms with Crippen molar-refractivity contribution in [3.63, 3.8) is 0 Å². The Kier molecular flexibility index (Phi) is 6.01. The molecule has 0 saturated carbocycles. The van der Waals surface area contributed by atoms with E-state index in [4.69, 9.17) is 4.99 Å². The lowest BCUT2D eigenvalue weighted by Gasteiger charge is -2.19. The van der Waals surface area contributed by atoms with Crippen LogP contribution in [0.25, 0.3) is 5.70 Å². The fourth-order valence-electron chi connectivity index (χ4n) is 3.86. The number of aliphatic imine (C=N–C) groups is 1. The molecule has 0 unspecified atom stereocenters. The second-order valence-corrected chi connectivity index (χ2v) is 8.82. The van der Waals surface area contributed by atoms with Crippen molar-refractivity contribution in [1.82, 2.24) is 0 Å². The molecule has 0 radical (unpaired) electrons. The number of nitrogens with one attached hydrogen (secondary N) is 1. The Labute approximate surface area is 193 Å². The predicted octanol–water partition coefficient (Wildman–Crippen LogP) is 7.13. The SMILES string of the molecule is CC(C)c1cc(C2=CC(c3ccc([N+](=O)[O-])cc3)=Nc3ccccc3N2)c(O)c(C(C)C)c1. The zero-order valence-corrected chi connectivity index (χ0v) is 19.2. The summed E-state index contributed by atoms with van der Waals surface area (Å²) in [4.78, 5) is 15.5. The summed E-state index contributed by atoms with van der Waals surface area (Å²) < 4.78 is 0. The van der Waals surface area contributed by atoms with E-state index in [1.54, 1.807) is 12.1 Å². The summed E-state index contributed by atoms with van der Waals surface area (Å²) in [5.41, 5.74) is 6.46. The van der Waals surface area contributed by atoms with Gasteiger partial charge in [0.25, 0.3) is 5.69 Å². The van der Waals surface area contributed by atoms with Crippen LogP contribution in [0.1, 0.15) is 61.8 Å². The lowest BCUT2D eigenvalue weighted by atomic mass is 9.90. The van der Waals surface area contributed by atoms with Crippen LogP contribution in [0.2, 0.25) is 0 Å². The zero-order chi connectivity index (χ0) is 23.7. The smallest absolute Gasteiger partial charge is 0.269 e. The van der Waals surface area contributed by atoms with Crippen molar-refractivity contribution in [2.75, 3.05) is 5.32 Å². The highest BCUT2D eigenvalue weighted by Gasteiger charge is 2.21. The van der Waals surface area contributed by atoms with Crippen molar-refractivity contribution in [3.05, 3.63) is 99.1 Å². The first kappa shape index (κ1) is 22.3. The van der Waals surface area contributed by atoms with Gasteiger partial charge in [0.1, 0.15) is 5.75 Å². The van der Waals surface area contributed by atoms with Crippen LogP contribution < -0.4 is 5.32 Å². The molecule has 6 heteroatoms. The molecule has 3 aromatic rings. The molecular formula is C27H27N3O3. The first-order valence-electron chi connectivity index (χ1n) is 11.0. The lowest BCUT2D eigenvalue weighted by molar-refractivity contribution is -0.384. The molecule has 3 aromatic carbocycles. The molecule has 0 saturated heterocycles. The van der Waals surface area contributed by atoms with Crippen molar-refractivity contribution in [3.8, 4) is 5.75 Å². The molecule has 0 aromatic heterocycles. The van der Waals surface area contributed by atoms with Crippen molar-refractivity contribution in [2.45, 2.75) is 39.5 Å². The van der Waals surface area contributed by atoms with Gasteiger partial charge in [-0.1, -0.05) is 45.9 Å². The Morgan fingerprint density at radius 2 is 1.67 bits per heavy atom. The number of rotatable bonds is 5. The van der Waals surface area contributed by atoms with E-state index >= 15 is 0 Å². The maximum Gasteiger partial charge on any atom is 0.269 e. The number of fused-ring (bicyclic) bond motifs is 1. The summed E-state index contributed by atoms with van der Waals surface area (Å²) in [6.45, 7) is 8.40. The molecule has 0 spiro atoms. The molecule has 4 rings (SSSR count). The molecule has 0 bridgehead atoms. The van der Waals surface area contributed by atoms with E-state index in [-0.39, 0.29) is 17.4 Å². The Morgan fingerprint density at radius 1 is 0.970 bits per heavy atom. The summed E-state index contributed by atoms with van der Waals surface area (Å²) in [5.74, 6) is 0.697. The maximum absolute atomic E-state index is 11.2. The Balaban J connectivity index is 1.92. The van der Waals surface area contributed by atoms with Gasteiger partial charge in [0.15, 0.2) is 0 Å². The van der Waals surface area contributed by atoms with Gasteiger partial charge in [-0.25, -0.2) is 4.99 Å². The summed E-state index contributed by atoms with van der Waals surface area (Å²) in [5, 5.41) is 25.8. The second kappa shape index (κ2) is 8.90. The van der Waals surface area contributed by atoms with Gasteiger partial charge in [-0.3, -0.25) is 10.1 Å². The van der Waals surface area contributed by atoms with Gasteiger partial charge in [-0.2, -0.15) is 0 Å². The Hall–Kier alpha value is -3.93. The van der Waals surface area contributed by atoms with E-state index in [2.05, 4.69) is 39.1 Å². The molecule has 1 aliphatic rings. The van der Waals surface area contributed by atoms with E-state index in [0.29, 0.717) is 17.2 Å². The van der Waals surface area contributed by atoms with Crippen molar-refractivity contribution in [1.29, 1.82) is 0 Å². The quantitative estimate of drug-likeness (QED) is 0.325. The van der Waals surface area contributed by atoms with E-state index in [1.807, 2.05) is 36.4 Å². The van der Waals surface area contributed by atoms with Crippen LogP contribution in [0.3, 0.4) is 0 Å². The molecule has 2 N–H and O–H groups in total. The van der Waals surface area contributed by atoms with E-state index < -0.39 is 4.92 Å². The van der Waals surface area contributed by atoms with Crippen LogP contribution in [0, 0.1) is 10.1 Å². The predicted molar refractivity (Wildman–Crippen MR) is 134 cm³/mol. The van der Waals surface area contributed by atoms with Crippen LogP contribution in [-0.2, 0) is 0 Å². The highest BCUT2D eigenvalue weighted by atomic mass is 16.6. The number of hydrogen-bond donors (Lipinski definition) is 2. The number of nitrogens with zero attached hydrogens (tertiary/aromatic N) is 2. The average Bonchev–Trinajstić information content (AvgIpc) is 2.98. The number of hydrogen-bond acceptors (Lipinski definition) is 5. The van der Waals surface area contributed by atoms with Crippen LogP contribution in [-0.4, -0.2) is 15.7 Å². The molecule has 1 heterocycles. The monoisotopic (exact) mass is 441 g/mol. The number of allylic oxidation sites excluding steroid dienone is 1. The first-order valence-corrected chi connectivity index (χ1v) is 11.0. The fourth-order valence-corrected chi connectivity index (χ4v) is 3.86. The molecule has 0 aliphatic carbocycles. The standard InChI is InChI=1S/C27H27N3O3/c1-16(2)19-13-21(17(3)4)27(31)22(14-19)26-15-25(18-9-11-20(12-10-18)30(32)33)28-23-7-5-6-8-24(23)29-26/h5-17,29,31H,1-4H3. The lowest BCUT2D eigenvalue weighted by Crippen LogP contribution is -2.05. The highest BCUT2D eigenvalue weighted by molar-refractivity contribution is 6.16. The number of benzene rings is 3. The van der Waals surface area contributed by atoms with E-state index in [1.165, 1.54) is 12.1 Å². The van der Waals surface area contributed by atoms with Crippen molar-refractivity contribution in [2.24, 2.45) is 4.99 Å². The Bertz CT molecular complexity index is 1270. The van der Waals surface area contributed by atoms with E-state index in [0.717, 1.165) is 33.8 Å². The normalized spacial score (nSPS) is 13.2. The maximum atomic E-state index is 11.2. The third-order valence-electron chi connectivity index (χ3n) is 5.81. The van der Waals surface area contributed by atoms with Gasteiger partial charge in [0.05, 0.1) is 27.7 Å². The number of aromatic hydroxyl groups is 1. The van der Waals surface area contributed by atoms with E-state index in [9.17, 15) is 15.2 Å². The zero-order valence-electron chi connectivity index (χ0n) is 19.2. The van der Waals surface area contributed by atoms with Gasteiger partial charge < -0.3 is 10.4 Å². The third-order valence-corrected chi connectivity index (χ3v) is 5.81. The molecule has 0 fully saturated rings. The molecule has 1 aliphatic heterocycles. The van der Waals surface area contributed by atoms with Gasteiger partial charge in [-0.15, -0.1) is 0 Å². The number of anilines is 1. The molecule has 6 nitrogen and oxygen atoms in total. The minimum atomic E-state index is -0.417. The third kappa shape index (κ3) is 4.51. The largest absolute Gasteiger partial charge is 0.507 e. The Morgan fingerprint density at radius 3 is 2.30 bits per heavy atom. The molecule has 168 valence electrons. The second-order valence-electron chi connectivity index (χ2n) is 8.82. The van der Waals surface area contributed by atoms with Crippen LogP contribution in [0.15, 0.2) is 71.7 Å².